The summed E-state index contributed by atoms with van der Waals surface area (Å²) in [6.45, 7) is 2.52. The number of rotatable bonds is 7. The lowest BCUT2D eigenvalue weighted by atomic mass is 10.2. The predicted octanol–water partition coefficient (Wildman–Crippen LogP) is 2.59. The van der Waals surface area contributed by atoms with Crippen LogP contribution in [-0.2, 0) is 11.2 Å². The predicted molar refractivity (Wildman–Crippen MR) is 86.5 cm³/mol. The Labute approximate surface area is 130 Å². The van der Waals surface area contributed by atoms with E-state index < -0.39 is 0 Å². The minimum atomic E-state index is 0.740. The van der Waals surface area contributed by atoms with Gasteiger partial charge >= 0.3 is 0 Å². The summed E-state index contributed by atoms with van der Waals surface area (Å²) in [6.07, 6.45) is 0.908. The summed E-state index contributed by atoms with van der Waals surface area (Å²) in [4.78, 5) is 0. The third kappa shape index (κ3) is 4.79. The lowest BCUT2D eigenvalue weighted by Crippen LogP contribution is -2.21. The fraction of sp³-hybridized carbons (Fsp3) is 0.385. The van der Waals surface area contributed by atoms with Crippen LogP contribution in [0.2, 0.25) is 0 Å². The van der Waals surface area contributed by atoms with E-state index in [9.17, 15) is 0 Å². The first kappa shape index (κ1) is 14.8. The Morgan fingerprint density at radius 1 is 1.32 bits per heavy atom. The van der Waals surface area contributed by atoms with E-state index in [2.05, 4.69) is 56.3 Å². The Hall–Kier alpha value is -0.570. The van der Waals surface area contributed by atoms with Crippen molar-refractivity contribution in [1.82, 2.24) is 15.5 Å². The normalized spacial score (nSPS) is 10.8. The highest BCUT2D eigenvalue weighted by Crippen LogP contribution is 2.24. The minimum Gasteiger partial charge on any atom is -0.383 e. The van der Waals surface area contributed by atoms with Gasteiger partial charge in [-0.15, -0.1) is 10.2 Å². The lowest BCUT2D eigenvalue weighted by molar-refractivity contribution is 0.199. The maximum Gasteiger partial charge on any atom is 0.147 e. The van der Waals surface area contributed by atoms with Gasteiger partial charge in [-0.25, -0.2) is 0 Å². The van der Waals surface area contributed by atoms with Crippen LogP contribution < -0.4 is 5.32 Å². The van der Waals surface area contributed by atoms with Gasteiger partial charge in [0.25, 0.3) is 0 Å². The van der Waals surface area contributed by atoms with E-state index >= 15 is 0 Å². The molecule has 0 fully saturated rings. The molecule has 0 bridgehead atoms. The van der Waals surface area contributed by atoms with Gasteiger partial charge in [-0.1, -0.05) is 23.5 Å². The zero-order chi connectivity index (χ0) is 13.5. The average molecular weight is 389 g/mol. The standard InChI is InChI=1S/C13H16IN3OS/c1-18-8-7-15-6-5-12-16-17-13(19-12)10-3-2-4-11(14)9-10/h2-4,9,15H,5-8H2,1H3. The number of hydrogen-bond acceptors (Lipinski definition) is 5. The quantitative estimate of drug-likeness (QED) is 0.584. The van der Waals surface area contributed by atoms with Gasteiger partial charge < -0.3 is 10.1 Å². The molecule has 1 heterocycles. The largest absolute Gasteiger partial charge is 0.383 e. The van der Waals surface area contributed by atoms with Crippen molar-refractivity contribution in [2.24, 2.45) is 0 Å². The number of hydrogen-bond donors (Lipinski definition) is 1. The summed E-state index contributed by atoms with van der Waals surface area (Å²) in [6, 6.07) is 8.32. The fourth-order valence-electron chi connectivity index (χ4n) is 1.59. The maximum absolute atomic E-state index is 4.98. The summed E-state index contributed by atoms with van der Waals surface area (Å²) in [7, 11) is 1.71. The molecule has 2 rings (SSSR count). The van der Waals surface area contributed by atoms with E-state index in [-0.39, 0.29) is 0 Å². The molecule has 1 aromatic carbocycles. The number of ether oxygens (including phenoxy) is 1. The van der Waals surface area contributed by atoms with Crippen molar-refractivity contribution in [3.63, 3.8) is 0 Å². The molecule has 0 atom stereocenters. The Morgan fingerprint density at radius 2 is 2.21 bits per heavy atom. The molecule has 0 radical (unpaired) electrons. The molecular weight excluding hydrogens is 373 g/mol. The van der Waals surface area contributed by atoms with Crippen molar-refractivity contribution in [3.05, 3.63) is 32.8 Å². The Kier molecular flexibility index (Phi) is 6.15. The van der Waals surface area contributed by atoms with E-state index in [0.29, 0.717) is 0 Å². The van der Waals surface area contributed by atoms with E-state index in [0.717, 1.165) is 41.7 Å². The monoisotopic (exact) mass is 389 g/mol. The Morgan fingerprint density at radius 3 is 3.00 bits per heavy atom. The number of nitrogens with zero attached hydrogens (tertiary/aromatic N) is 2. The van der Waals surface area contributed by atoms with E-state index in [1.54, 1.807) is 18.4 Å². The number of nitrogens with one attached hydrogen (secondary N) is 1. The Bertz CT molecular complexity index is 518. The van der Waals surface area contributed by atoms with Gasteiger partial charge in [0.05, 0.1) is 6.61 Å². The van der Waals surface area contributed by atoms with Gasteiger partial charge in [0.15, 0.2) is 0 Å². The highest BCUT2D eigenvalue weighted by Gasteiger charge is 2.06. The first-order valence-corrected chi connectivity index (χ1v) is 7.97. The van der Waals surface area contributed by atoms with Crippen LogP contribution in [0.1, 0.15) is 5.01 Å². The molecule has 0 unspecified atom stereocenters. The summed E-state index contributed by atoms with van der Waals surface area (Å²) < 4.78 is 6.19. The number of halogens is 1. The summed E-state index contributed by atoms with van der Waals surface area (Å²) in [5.41, 5.74) is 1.14. The van der Waals surface area contributed by atoms with Crippen molar-refractivity contribution in [1.29, 1.82) is 0 Å². The van der Waals surface area contributed by atoms with Gasteiger partial charge in [0.1, 0.15) is 10.0 Å². The highest BCUT2D eigenvalue weighted by molar-refractivity contribution is 14.1. The van der Waals surface area contributed by atoms with Crippen LogP contribution in [0.15, 0.2) is 24.3 Å². The van der Waals surface area contributed by atoms with Crippen LogP contribution in [0.3, 0.4) is 0 Å². The fourth-order valence-corrected chi connectivity index (χ4v) is 2.97. The molecule has 102 valence electrons. The molecule has 0 spiro atoms. The first-order valence-electron chi connectivity index (χ1n) is 6.07. The summed E-state index contributed by atoms with van der Waals surface area (Å²) in [5, 5.41) is 13.9. The number of aromatic nitrogens is 2. The molecule has 4 nitrogen and oxygen atoms in total. The van der Waals surface area contributed by atoms with Gasteiger partial charge in [0.2, 0.25) is 0 Å². The van der Waals surface area contributed by atoms with Crippen LogP contribution in [-0.4, -0.2) is 37.0 Å². The number of methoxy groups -OCH3 is 1. The van der Waals surface area contributed by atoms with Crippen molar-refractivity contribution in [3.8, 4) is 10.6 Å². The molecule has 0 aliphatic heterocycles. The molecule has 0 saturated carbocycles. The van der Waals surface area contributed by atoms with Crippen molar-refractivity contribution in [2.45, 2.75) is 6.42 Å². The van der Waals surface area contributed by atoms with Crippen LogP contribution in [0, 0.1) is 3.57 Å². The highest BCUT2D eigenvalue weighted by atomic mass is 127. The van der Waals surface area contributed by atoms with E-state index in [1.807, 2.05) is 6.07 Å². The topological polar surface area (TPSA) is 47.0 Å². The van der Waals surface area contributed by atoms with Crippen LogP contribution in [0.4, 0.5) is 0 Å². The zero-order valence-electron chi connectivity index (χ0n) is 10.7. The molecule has 0 aliphatic carbocycles. The second kappa shape index (κ2) is 7.88. The van der Waals surface area contributed by atoms with Crippen LogP contribution >= 0.6 is 33.9 Å². The van der Waals surface area contributed by atoms with Gasteiger partial charge in [-0.3, -0.25) is 0 Å². The Balaban J connectivity index is 1.88. The maximum atomic E-state index is 4.98. The van der Waals surface area contributed by atoms with Crippen molar-refractivity contribution >= 4 is 33.9 Å². The molecule has 6 heteroatoms. The molecule has 0 amide bonds. The first-order chi connectivity index (χ1) is 9.29. The molecule has 19 heavy (non-hydrogen) atoms. The minimum absolute atomic E-state index is 0.740. The van der Waals surface area contributed by atoms with Crippen LogP contribution in [0.5, 0.6) is 0 Å². The number of benzene rings is 1. The van der Waals surface area contributed by atoms with Gasteiger partial charge in [-0.2, -0.15) is 0 Å². The molecule has 0 saturated heterocycles. The molecule has 1 N–H and O–H groups in total. The third-order valence-electron chi connectivity index (χ3n) is 2.54. The third-order valence-corrected chi connectivity index (χ3v) is 4.24. The van der Waals surface area contributed by atoms with E-state index in [1.165, 1.54) is 3.57 Å². The molecule has 1 aromatic heterocycles. The summed E-state index contributed by atoms with van der Waals surface area (Å²) >= 11 is 3.97. The van der Waals surface area contributed by atoms with E-state index in [4.69, 9.17) is 4.74 Å². The van der Waals surface area contributed by atoms with Crippen LogP contribution in [0.25, 0.3) is 10.6 Å². The molecular formula is C13H16IN3OS. The van der Waals surface area contributed by atoms with Gasteiger partial charge in [0, 0.05) is 35.8 Å². The lowest BCUT2D eigenvalue weighted by Gasteiger charge is -2.00. The molecule has 0 aliphatic rings. The van der Waals surface area contributed by atoms with Crippen molar-refractivity contribution < 1.29 is 4.74 Å². The smallest absolute Gasteiger partial charge is 0.147 e. The molecule has 2 aromatic rings. The average Bonchev–Trinajstić information content (AvgIpc) is 2.87. The second-order valence-electron chi connectivity index (χ2n) is 4.00. The zero-order valence-corrected chi connectivity index (χ0v) is 13.7. The van der Waals surface area contributed by atoms with Gasteiger partial charge in [-0.05, 0) is 34.7 Å². The summed E-state index contributed by atoms with van der Waals surface area (Å²) in [5.74, 6) is 0. The SMILES string of the molecule is COCCNCCc1nnc(-c2cccc(I)c2)s1. The van der Waals surface area contributed by atoms with Crippen molar-refractivity contribution in [2.75, 3.05) is 26.8 Å². The second-order valence-corrected chi connectivity index (χ2v) is 6.31.